The van der Waals surface area contributed by atoms with Crippen molar-refractivity contribution in [3.63, 3.8) is 0 Å². The van der Waals surface area contributed by atoms with E-state index in [1.54, 1.807) is 32.4 Å². The van der Waals surface area contributed by atoms with Gasteiger partial charge in [-0.05, 0) is 59.4 Å². The Morgan fingerprint density at radius 2 is 1.97 bits per heavy atom. The normalized spacial score (nSPS) is 15.8. The minimum atomic E-state index is -1.08. The predicted molar refractivity (Wildman–Crippen MR) is 121 cm³/mol. The lowest BCUT2D eigenvalue weighted by molar-refractivity contribution is 0.0626. The number of carboxylic acid groups (broad SMARTS) is 1. The number of nitrogens with zero attached hydrogens (tertiary/aromatic N) is 3. The van der Waals surface area contributed by atoms with E-state index < -0.39 is 17.2 Å². The highest BCUT2D eigenvalue weighted by Crippen LogP contribution is 2.37. The zero-order valence-electron chi connectivity index (χ0n) is 19.1. The van der Waals surface area contributed by atoms with Crippen LogP contribution in [0.25, 0.3) is 10.2 Å². The molecule has 10 heteroatoms. The van der Waals surface area contributed by atoms with E-state index in [4.69, 9.17) is 4.74 Å². The molecule has 2 aromatic heterocycles. The van der Waals surface area contributed by atoms with E-state index in [0.717, 1.165) is 34.7 Å². The number of ether oxygens (including phenoxy) is 1. The number of aryl methyl sites for hydroxylation is 1. The van der Waals surface area contributed by atoms with Gasteiger partial charge in [-0.25, -0.2) is 20.0 Å². The number of nitrogens with one attached hydrogen (secondary N) is 1. The van der Waals surface area contributed by atoms with Gasteiger partial charge in [0.2, 0.25) is 0 Å². The zero-order chi connectivity index (χ0) is 23.1. The molecule has 172 valence electrons. The van der Waals surface area contributed by atoms with Gasteiger partial charge in [-0.3, -0.25) is 13.9 Å². The van der Waals surface area contributed by atoms with Crippen LogP contribution in [-0.4, -0.2) is 44.6 Å². The molecule has 1 fully saturated rings. The summed E-state index contributed by atoms with van der Waals surface area (Å²) < 4.78 is 8.25. The van der Waals surface area contributed by atoms with E-state index in [1.807, 2.05) is 13.8 Å². The molecule has 1 saturated carbocycles. The third-order valence-electron chi connectivity index (χ3n) is 6.06. The molecule has 0 atom stereocenters. The maximum absolute atomic E-state index is 13.5. The van der Waals surface area contributed by atoms with Crippen molar-refractivity contribution in [2.24, 2.45) is 0 Å². The van der Waals surface area contributed by atoms with Crippen LogP contribution in [-0.2, 0) is 23.4 Å². The molecule has 2 N–H and O–H groups in total. The van der Waals surface area contributed by atoms with E-state index in [1.165, 1.54) is 15.9 Å². The molecule has 0 unspecified atom stereocenters. The summed E-state index contributed by atoms with van der Waals surface area (Å²) in [5.41, 5.74) is 2.08. The first kappa shape index (κ1) is 23.5. The third-order valence-corrected chi connectivity index (χ3v) is 7.38. The molecular weight excluding hydrogens is 420 g/mol. The number of fused-ring (bicyclic) bond motifs is 1. The topological polar surface area (TPSA) is 106 Å². The van der Waals surface area contributed by atoms with Gasteiger partial charge in [-0.1, -0.05) is 0 Å². The fourth-order valence-corrected chi connectivity index (χ4v) is 5.32. The van der Waals surface area contributed by atoms with E-state index in [2.05, 4.69) is 5.43 Å². The quantitative estimate of drug-likeness (QED) is 0.626. The number of carbonyl (C=O) groups is 1. The fourth-order valence-electron chi connectivity index (χ4n) is 4.07. The molecule has 3 rings (SSSR count). The summed E-state index contributed by atoms with van der Waals surface area (Å²) in [7, 11) is 1.58. The van der Waals surface area contributed by atoms with Gasteiger partial charge in [0, 0.05) is 17.5 Å². The van der Waals surface area contributed by atoms with Gasteiger partial charge < -0.3 is 9.84 Å². The highest BCUT2D eigenvalue weighted by atomic mass is 32.1. The fraction of sp³-hybridized carbons (Fsp3) is 0.667. The van der Waals surface area contributed by atoms with Crippen molar-refractivity contribution < 1.29 is 14.6 Å². The molecular formula is C21H32N4O5S. The zero-order valence-corrected chi connectivity index (χ0v) is 19.9. The molecule has 31 heavy (non-hydrogen) atoms. The molecule has 0 saturated heterocycles. The molecule has 1 amide bonds. The summed E-state index contributed by atoms with van der Waals surface area (Å²) >= 11 is 1.35. The number of methoxy groups -OCH3 is 1. The first-order chi connectivity index (χ1) is 14.4. The Kier molecular flexibility index (Phi) is 6.37. The Balaban J connectivity index is 2.13. The highest BCUT2D eigenvalue weighted by molar-refractivity contribution is 7.18. The van der Waals surface area contributed by atoms with Gasteiger partial charge in [0.1, 0.15) is 4.83 Å². The average molecular weight is 453 g/mol. The summed E-state index contributed by atoms with van der Waals surface area (Å²) in [6.07, 6.45) is 1.51. The lowest BCUT2D eigenvalue weighted by atomic mass is 9.78. The standard InChI is InChI=1S/C21H32N4O5S/c1-13-14(12-22-25(19(28)29)20(2,3)4)31-17-15(13)16(26)24(21(5)8-7-9-21)18(27)23(17)10-11-30-6/h22H,7-12H2,1-6H3,(H,28,29). The Labute approximate surface area is 185 Å². The summed E-state index contributed by atoms with van der Waals surface area (Å²) in [5, 5.41) is 11.2. The molecule has 0 bridgehead atoms. The largest absolute Gasteiger partial charge is 0.464 e. The monoisotopic (exact) mass is 452 g/mol. The average Bonchev–Trinajstić information content (AvgIpc) is 2.95. The Bertz CT molecular complexity index is 1100. The molecule has 2 aromatic rings. The number of rotatable bonds is 7. The number of hydrogen-bond acceptors (Lipinski definition) is 6. The van der Waals surface area contributed by atoms with Gasteiger partial charge in [0.05, 0.1) is 30.6 Å². The SMILES string of the molecule is COCCn1c(=O)n(C2(C)CCC2)c(=O)c2c(C)c(CNN(C(=O)O)C(C)(C)C)sc21. The number of hydrogen-bond donors (Lipinski definition) is 2. The van der Waals surface area contributed by atoms with Gasteiger partial charge in [0.25, 0.3) is 5.56 Å². The second-order valence-electron chi connectivity index (χ2n) is 9.37. The van der Waals surface area contributed by atoms with Crippen molar-refractivity contribution in [1.29, 1.82) is 0 Å². The van der Waals surface area contributed by atoms with Crippen LogP contribution in [0.2, 0.25) is 0 Å². The second-order valence-corrected chi connectivity index (χ2v) is 10.5. The van der Waals surface area contributed by atoms with Gasteiger partial charge in [-0.15, -0.1) is 11.3 Å². The minimum absolute atomic E-state index is 0.240. The third kappa shape index (κ3) is 4.16. The maximum Gasteiger partial charge on any atom is 0.422 e. The van der Waals surface area contributed by atoms with Crippen LogP contribution >= 0.6 is 11.3 Å². The predicted octanol–water partition coefficient (Wildman–Crippen LogP) is 2.86. The summed E-state index contributed by atoms with van der Waals surface area (Å²) in [5.74, 6) is 0. The summed E-state index contributed by atoms with van der Waals surface area (Å²) in [4.78, 5) is 39.9. The lowest BCUT2D eigenvalue weighted by Crippen LogP contribution is -2.53. The van der Waals surface area contributed by atoms with E-state index >= 15 is 0 Å². The van der Waals surface area contributed by atoms with E-state index in [0.29, 0.717) is 23.4 Å². The number of aromatic nitrogens is 2. The van der Waals surface area contributed by atoms with Crippen LogP contribution < -0.4 is 16.7 Å². The van der Waals surface area contributed by atoms with Crippen LogP contribution in [0.15, 0.2) is 9.59 Å². The smallest absolute Gasteiger partial charge is 0.422 e. The molecule has 0 radical (unpaired) electrons. The molecule has 0 aromatic carbocycles. The van der Waals surface area contributed by atoms with Crippen molar-refractivity contribution >= 4 is 27.6 Å². The van der Waals surface area contributed by atoms with Crippen molar-refractivity contribution in [1.82, 2.24) is 19.6 Å². The number of hydrazine groups is 1. The van der Waals surface area contributed by atoms with Crippen molar-refractivity contribution in [2.45, 2.75) is 78.0 Å². The molecule has 9 nitrogen and oxygen atoms in total. The molecule has 0 spiro atoms. The van der Waals surface area contributed by atoms with Crippen molar-refractivity contribution in [3.05, 3.63) is 31.3 Å². The van der Waals surface area contributed by atoms with Crippen LogP contribution in [0.4, 0.5) is 4.79 Å². The van der Waals surface area contributed by atoms with Crippen molar-refractivity contribution in [2.75, 3.05) is 13.7 Å². The second kappa shape index (κ2) is 8.40. The van der Waals surface area contributed by atoms with Crippen LogP contribution in [0.3, 0.4) is 0 Å². The van der Waals surface area contributed by atoms with E-state index in [9.17, 15) is 19.5 Å². The van der Waals surface area contributed by atoms with Crippen LogP contribution in [0.5, 0.6) is 0 Å². The molecule has 1 aliphatic rings. The van der Waals surface area contributed by atoms with Gasteiger partial charge in [0.15, 0.2) is 0 Å². The first-order valence-corrected chi connectivity index (χ1v) is 11.3. The number of thiophene rings is 1. The van der Waals surface area contributed by atoms with Gasteiger partial charge in [-0.2, -0.15) is 0 Å². The summed E-state index contributed by atoms with van der Waals surface area (Å²) in [6, 6.07) is 0. The maximum atomic E-state index is 13.5. The van der Waals surface area contributed by atoms with Gasteiger partial charge >= 0.3 is 11.8 Å². The Hall–Kier alpha value is -2.17. The van der Waals surface area contributed by atoms with Crippen LogP contribution in [0.1, 0.15) is 57.4 Å². The lowest BCUT2D eigenvalue weighted by Gasteiger charge is -2.39. The van der Waals surface area contributed by atoms with Crippen LogP contribution in [0, 0.1) is 6.92 Å². The Morgan fingerprint density at radius 3 is 2.45 bits per heavy atom. The number of amides is 1. The highest BCUT2D eigenvalue weighted by Gasteiger charge is 2.38. The molecule has 0 aliphatic heterocycles. The molecule has 1 aliphatic carbocycles. The van der Waals surface area contributed by atoms with E-state index in [-0.39, 0.29) is 17.8 Å². The minimum Gasteiger partial charge on any atom is -0.464 e. The Morgan fingerprint density at radius 1 is 1.32 bits per heavy atom. The summed E-state index contributed by atoms with van der Waals surface area (Å²) in [6.45, 7) is 10.2. The molecule has 2 heterocycles. The van der Waals surface area contributed by atoms with Crippen molar-refractivity contribution in [3.8, 4) is 0 Å². The first-order valence-electron chi connectivity index (χ1n) is 10.5.